The lowest BCUT2D eigenvalue weighted by molar-refractivity contribution is 0.00675. The van der Waals surface area contributed by atoms with E-state index in [0.29, 0.717) is 48.3 Å². The topological polar surface area (TPSA) is 104 Å². The molecule has 0 spiro atoms. The van der Waals surface area contributed by atoms with Crippen LogP contribution in [0.5, 0.6) is 11.8 Å². The number of nitrogens with zero attached hydrogens (tertiary/aromatic N) is 6. The number of halogens is 1. The summed E-state index contributed by atoms with van der Waals surface area (Å²) in [6.45, 7) is 8.17. The largest absolute Gasteiger partial charge is 0.508 e. The molecule has 1 aliphatic carbocycles. The first-order valence-corrected chi connectivity index (χ1v) is 16.2. The van der Waals surface area contributed by atoms with Gasteiger partial charge in [-0.25, -0.2) is 9.18 Å². The molecule has 5 heterocycles. The lowest BCUT2D eigenvalue weighted by atomic mass is 10.00. The van der Waals surface area contributed by atoms with Crippen LogP contribution in [0.25, 0.3) is 32.9 Å². The lowest BCUT2D eigenvalue weighted by Gasteiger charge is -2.44. The summed E-state index contributed by atoms with van der Waals surface area (Å²) < 4.78 is 28.7. The molecule has 5 atom stereocenters. The zero-order valence-electron chi connectivity index (χ0n) is 26.6. The molecule has 1 amide bonds. The summed E-state index contributed by atoms with van der Waals surface area (Å²) in [6.07, 6.45) is 4.57. The molecule has 8 rings (SSSR count). The summed E-state index contributed by atoms with van der Waals surface area (Å²) in [7, 11) is 2.08. The highest BCUT2D eigenvalue weighted by molar-refractivity contribution is 6.00. The Bertz CT molecular complexity index is 1840. The third-order valence-corrected chi connectivity index (χ3v) is 10.1. The molecular formula is C35H39FN6O4. The van der Waals surface area contributed by atoms with Crippen molar-refractivity contribution in [2.75, 3.05) is 38.2 Å². The van der Waals surface area contributed by atoms with Crippen molar-refractivity contribution < 1.29 is 23.8 Å². The second kappa shape index (κ2) is 10.7. The minimum atomic E-state index is -0.599. The smallest absolute Gasteiger partial charge is 0.410 e. The number of likely N-dealkylation sites (tertiary alicyclic amines) is 1. The predicted molar refractivity (Wildman–Crippen MR) is 173 cm³/mol. The second-order valence-electron chi connectivity index (χ2n) is 14.3. The van der Waals surface area contributed by atoms with Gasteiger partial charge in [-0.05, 0) is 88.4 Å². The first-order valence-electron chi connectivity index (χ1n) is 16.2. The van der Waals surface area contributed by atoms with Gasteiger partial charge in [0.15, 0.2) is 5.82 Å². The van der Waals surface area contributed by atoms with E-state index in [-0.39, 0.29) is 47.2 Å². The molecule has 3 aliphatic heterocycles. The molecule has 2 aromatic carbocycles. The monoisotopic (exact) mass is 626 g/mol. The van der Waals surface area contributed by atoms with Crippen molar-refractivity contribution in [3.8, 4) is 23.0 Å². The van der Waals surface area contributed by atoms with Gasteiger partial charge in [0.1, 0.15) is 35.0 Å². The maximum Gasteiger partial charge on any atom is 0.410 e. The van der Waals surface area contributed by atoms with Gasteiger partial charge >= 0.3 is 12.1 Å². The maximum absolute atomic E-state index is 16.7. The number of anilines is 1. The number of carbonyl (C=O) groups is 1. The molecule has 4 unspecified atom stereocenters. The third-order valence-electron chi connectivity index (χ3n) is 10.1. The van der Waals surface area contributed by atoms with Crippen molar-refractivity contribution in [3.05, 3.63) is 48.4 Å². The van der Waals surface area contributed by atoms with Crippen LogP contribution in [0.4, 0.5) is 15.0 Å². The van der Waals surface area contributed by atoms with Crippen LogP contribution in [0.3, 0.4) is 0 Å². The molecule has 3 saturated heterocycles. The molecule has 4 aliphatic rings. The highest BCUT2D eigenvalue weighted by Gasteiger charge is 2.63. The SMILES string of the molecule is CN1CCC[C@H]1COc1nc(N2CC3C4CC4C(C2)N3C(=O)OC(C)(C)C)c2cnc(-c3cc(O)cc4ccccc34)c(F)c2n1. The molecule has 10 nitrogen and oxygen atoms in total. The van der Waals surface area contributed by atoms with Gasteiger partial charge in [-0.1, -0.05) is 24.3 Å². The van der Waals surface area contributed by atoms with Gasteiger partial charge in [0.25, 0.3) is 0 Å². The number of benzene rings is 2. The summed E-state index contributed by atoms with van der Waals surface area (Å²) in [5.74, 6) is 0.825. The van der Waals surface area contributed by atoms with Gasteiger partial charge in [-0.3, -0.25) is 9.88 Å². The Balaban J connectivity index is 1.20. The Hall–Kier alpha value is -4.25. The fourth-order valence-electron chi connectivity index (χ4n) is 7.88. The molecule has 1 saturated carbocycles. The zero-order chi connectivity index (χ0) is 31.9. The first-order chi connectivity index (χ1) is 22.1. The normalized spacial score (nSPS) is 25.7. The molecule has 0 radical (unpaired) electrons. The number of aromatic hydroxyl groups is 1. The van der Waals surface area contributed by atoms with E-state index in [0.717, 1.165) is 36.6 Å². The number of hydrogen-bond donors (Lipinski definition) is 1. The Kier molecular flexibility index (Phi) is 6.75. The minimum absolute atomic E-state index is 0.0177. The van der Waals surface area contributed by atoms with E-state index in [1.54, 1.807) is 12.3 Å². The number of rotatable bonds is 5. The fourth-order valence-corrected chi connectivity index (χ4v) is 7.88. The average molecular weight is 627 g/mol. The second-order valence-corrected chi connectivity index (χ2v) is 14.3. The molecule has 4 fully saturated rings. The molecular weight excluding hydrogens is 587 g/mol. The van der Waals surface area contributed by atoms with Crippen molar-refractivity contribution >= 4 is 33.6 Å². The summed E-state index contributed by atoms with van der Waals surface area (Å²) in [5.41, 5.74) is 0.114. The van der Waals surface area contributed by atoms with Gasteiger partial charge in [-0.15, -0.1) is 0 Å². The zero-order valence-corrected chi connectivity index (χ0v) is 26.6. The number of amides is 1. The van der Waals surface area contributed by atoms with Crippen LogP contribution >= 0.6 is 0 Å². The Morgan fingerprint density at radius 3 is 2.57 bits per heavy atom. The first kappa shape index (κ1) is 29.2. The van der Waals surface area contributed by atoms with E-state index >= 15 is 4.39 Å². The number of carbonyl (C=O) groups excluding carboxylic acids is 1. The lowest BCUT2D eigenvalue weighted by Crippen LogP contribution is -2.59. The summed E-state index contributed by atoms with van der Waals surface area (Å²) >= 11 is 0. The van der Waals surface area contributed by atoms with Gasteiger partial charge in [0, 0.05) is 30.9 Å². The number of piperidine rings is 1. The van der Waals surface area contributed by atoms with Crippen LogP contribution < -0.4 is 9.64 Å². The van der Waals surface area contributed by atoms with E-state index in [4.69, 9.17) is 14.5 Å². The number of piperazine rings is 1. The highest BCUT2D eigenvalue weighted by Crippen LogP contribution is 2.56. The fraction of sp³-hybridized carbons (Fsp3) is 0.486. The number of fused-ring (bicyclic) bond motifs is 7. The van der Waals surface area contributed by atoms with Crippen LogP contribution in [-0.2, 0) is 4.74 Å². The number of phenols is 1. The molecule has 2 bridgehead atoms. The minimum Gasteiger partial charge on any atom is -0.508 e. The Morgan fingerprint density at radius 2 is 1.85 bits per heavy atom. The predicted octanol–water partition coefficient (Wildman–Crippen LogP) is 5.61. The molecule has 240 valence electrons. The van der Waals surface area contributed by atoms with Crippen LogP contribution in [0.1, 0.15) is 40.0 Å². The summed E-state index contributed by atoms with van der Waals surface area (Å²) in [6, 6.07) is 11.0. The highest BCUT2D eigenvalue weighted by atomic mass is 19.1. The number of hydrogen-bond acceptors (Lipinski definition) is 9. The van der Waals surface area contributed by atoms with Crippen molar-refractivity contribution in [2.24, 2.45) is 11.8 Å². The molecule has 11 heteroatoms. The maximum atomic E-state index is 16.7. The third kappa shape index (κ3) is 4.96. The van der Waals surface area contributed by atoms with Gasteiger partial charge in [0.05, 0.1) is 17.5 Å². The summed E-state index contributed by atoms with van der Waals surface area (Å²) in [4.78, 5) is 33.7. The number of phenolic OH excluding ortho intramolecular Hbond substituents is 1. The quantitative estimate of drug-likeness (QED) is 0.303. The van der Waals surface area contributed by atoms with Gasteiger partial charge in [0.2, 0.25) is 0 Å². The van der Waals surface area contributed by atoms with Crippen molar-refractivity contribution in [2.45, 2.75) is 63.8 Å². The van der Waals surface area contributed by atoms with E-state index < -0.39 is 11.4 Å². The summed E-state index contributed by atoms with van der Waals surface area (Å²) in [5, 5.41) is 12.5. The number of likely N-dealkylation sites (N-methyl/N-ethyl adjacent to an activating group) is 1. The van der Waals surface area contributed by atoms with Crippen molar-refractivity contribution in [3.63, 3.8) is 0 Å². The van der Waals surface area contributed by atoms with Crippen molar-refractivity contribution in [1.82, 2.24) is 24.8 Å². The van der Waals surface area contributed by atoms with Gasteiger partial charge < -0.3 is 24.4 Å². The van der Waals surface area contributed by atoms with E-state index in [2.05, 4.69) is 26.8 Å². The molecule has 46 heavy (non-hydrogen) atoms. The van der Waals surface area contributed by atoms with E-state index in [1.165, 1.54) is 6.07 Å². The van der Waals surface area contributed by atoms with Crippen molar-refractivity contribution in [1.29, 1.82) is 0 Å². The number of ether oxygens (including phenoxy) is 2. The van der Waals surface area contributed by atoms with E-state index in [1.807, 2.05) is 49.9 Å². The van der Waals surface area contributed by atoms with Crippen LogP contribution in [0.2, 0.25) is 0 Å². The standard InChI is InChI=1S/C35H39FN6O4/c1-35(2,3)46-34(44)42-27-16-41(17-28(42)24-14-23(24)27)32-26-15-37-30(25-13-21(43)12-19-8-5-6-10-22(19)25)29(36)31(26)38-33(39-32)45-18-20-9-7-11-40(20)4/h5-6,8,10,12-13,15,20,23-24,27-28,43H,7,9,11,14,16-18H2,1-4H3/t20-,23?,24?,27?,28?/m0/s1. The molecule has 4 aromatic rings. The van der Waals surface area contributed by atoms with Crippen LogP contribution in [0.15, 0.2) is 42.6 Å². The van der Waals surface area contributed by atoms with E-state index in [9.17, 15) is 9.90 Å². The molecule has 2 aromatic heterocycles. The average Bonchev–Trinajstić information content (AvgIpc) is 3.66. The van der Waals surface area contributed by atoms with Gasteiger partial charge in [-0.2, -0.15) is 9.97 Å². The number of aromatic nitrogens is 3. The van der Waals surface area contributed by atoms with Crippen LogP contribution in [-0.4, -0.2) is 93.0 Å². The molecule has 1 N–H and O–H groups in total. The Morgan fingerprint density at radius 1 is 1.09 bits per heavy atom. The number of pyridine rings is 1. The van der Waals surface area contributed by atoms with Crippen LogP contribution in [0, 0.1) is 17.7 Å². The Labute approximate surface area is 267 Å².